The number of aryl methyl sites for hydroxylation is 1. The molecule has 0 saturated carbocycles. The van der Waals surface area contributed by atoms with Crippen molar-refractivity contribution in [3.8, 4) is 10.6 Å². The molecule has 1 amide bonds. The van der Waals surface area contributed by atoms with Gasteiger partial charge in [0.15, 0.2) is 0 Å². The molecular weight excluding hydrogens is 488 g/mol. The summed E-state index contributed by atoms with van der Waals surface area (Å²) < 4.78 is 28.7. The maximum Gasteiger partial charge on any atom is 0.244 e. The van der Waals surface area contributed by atoms with Crippen LogP contribution in [-0.4, -0.2) is 30.6 Å². The maximum absolute atomic E-state index is 12.8. The molecule has 2 N–H and O–H groups in total. The van der Waals surface area contributed by atoms with Crippen molar-refractivity contribution in [1.29, 1.82) is 0 Å². The van der Waals surface area contributed by atoms with Gasteiger partial charge in [-0.2, -0.15) is 4.72 Å². The first-order valence-corrected chi connectivity index (χ1v) is 12.2. The quantitative estimate of drug-likeness (QED) is 0.497. The minimum absolute atomic E-state index is 0.0850. The highest BCUT2D eigenvalue weighted by molar-refractivity contribution is 9.10. The maximum atomic E-state index is 12.8. The zero-order valence-corrected chi connectivity index (χ0v) is 19.8. The zero-order valence-electron chi connectivity index (χ0n) is 16.6. The number of aromatic nitrogens is 2. The molecule has 0 spiro atoms. The molecule has 158 valence electrons. The van der Waals surface area contributed by atoms with Crippen molar-refractivity contribution < 1.29 is 13.2 Å². The number of hydrogen-bond donors (Lipinski definition) is 2. The largest absolute Gasteiger partial charge is 0.299 e. The fourth-order valence-corrected chi connectivity index (χ4v) is 5.04. The van der Waals surface area contributed by atoms with Crippen LogP contribution in [-0.2, 0) is 14.8 Å². The zero-order chi connectivity index (χ0) is 21.9. The molecule has 0 fully saturated rings. The second-order valence-corrected chi connectivity index (χ2v) is 10.7. The molecule has 0 bridgehead atoms. The fraction of sp³-hybridized carbons (Fsp3) is 0.250. The van der Waals surface area contributed by atoms with Crippen molar-refractivity contribution in [2.45, 2.75) is 31.7 Å². The van der Waals surface area contributed by atoms with Crippen LogP contribution in [0.2, 0.25) is 0 Å². The smallest absolute Gasteiger partial charge is 0.244 e. The van der Waals surface area contributed by atoms with Gasteiger partial charge in [-0.05, 0) is 43.2 Å². The van der Waals surface area contributed by atoms with Gasteiger partial charge in [0.05, 0.1) is 4.90 Å². The van der Waals surface area contributed by atoms with Crippen molar-refractivity contribution in [2.24, 2.45) is 5.92 Å². The monoisotopic (exact) mass is 508 g/mol. The summed E-state index contributed by atoms with van der Waals surface area (Å²) in [6.45, 7) is 5.53. The summed E-state index contributed by atoms with van der Waals surface area (Å²) in [6, 6.07) is 13.1. The van der Waals surface area contributed by atoms with E-state index in [0.29, 0.717) is 10.1 Å². The van der Waals surface area contributed by atoms with Gasteiger partial charge >= 0.3 is 0 Å². The van der Waals surface area contributed by atoms with Crippen molar-refractivity contribution in [3.05, 3.63) is 58.6 Å². The molecule has 3 aromatic rings. The van der Waals surface area contributed by atoms with Crippen LogP contribution in [0, 0.1) is 12.8 Å². The second kappa shape index (κ2) is 9.34. The van der Waals surface area contributed by atoms with Crippen LogP contribution in [0.5, 0.6) is 0 Å². The van der Waals surface area contributed by atoms with Crippen molar-refractivity contribution >= 4 is 48.3 Å². The van der Waals surface area contributed by atoms with E-state index in [1.54, 1.807) is 26.0 Å². The summed E-state index contributed by atoms with van der Waals surface area (Å²) in [6.07, 6.45) is 0. The van der Waals surface area contributed by atoms with Gasteiger partial charge in [0, 0.05) is 10.0 Å². The van der Waals surface area contributed by atoms with Gasteiger partial charge in [-0.15, -0.1) is 10.2 Å². The van der Waals surface area contributed by atoms with Gasteiger partial charge < -0.3 is 0 Å². The molecule has 7 nitrogen and oxygen atoms in total. The second-order valence-electron chi connectivity index (χ2n) is 7.07. The number of carbonyl (C=O) groups is 1. The SMILES string of the molecule is Cc1cccc(-c2nnc(NC(=O)C(NS(=O)(=O)c3ccc(Br)cc3)C(C)C)s2)c1. The van der Waals surface area contributed by atoms with Crippen LogP contribution in [0.3, 0.4) is 0 Å². The van der Waals surface area contributed by atoms with Gasteiger partial charge in [0.25, 0.3) is 0 Å². The Hall–Kier alpha value is -2.14. The molecule has 2 aromatic carbocycles. The van der Waals surface area contributed by atoms with Crippen LogP contribution in [0.25, 0.3) is 10.6 Å². The molecule has 30 heavy (non-hydrogen) atoms. The van der Waals surface area contributed by atoms with E-state index in [-0.39, 0.29) is 10.8 Å². The number of hydrogen-bond acceptors (Lipinski definition) is 6. The van der Waals surface area contributed by atoms with Gasteiger partial charge in [0.2, 0.25) is 21.1 Å². The van der Waals surface area contributed by atoms with Crippen LogP contribution in [0.4, 0.5) is 5.13 Å². The molecule has 1 heterocycles. The minimum Gasteiger partial charge on any atom is -0.299 e. The number of anilines is 1. The molecule has 0 saturated heterocycles. The molecule has 0 aliphatic carbocycles. The molecule has 3 rings (SSSR count). The van der Waals surface area contributed by atoms with E-state index in [9.17, 15) is 13.2 Å². The van der Waals surface area contributed by atoms with Crippen LogP contribution >= 0.6 is 27.3 Å². The highest BCUT2D eigenvalue weighted by Gasteiger charge is 2.29. The average Bonchev–Trinajstić information content (AvgIpc) is 3.15. The summed E-state index contributed by atoms with van der Waals surface area (Å²) in [7, 11) is -3.87. The van der Waals surface area contributed by atoms with Crippen molar-refractivity contribution in [1.82, 2.24) is 14.9 Å². The van der Waals surface area contributed by atoms with E-state index in [2.05, 4.69) is 36.2 Å². The predicted octanol–water partition coefficient (Wildman–Crippen LogP) is 4.22. The Balaban J connectivity index is 1.75. The normalized spacial score (nSPS) is 12.7. The Morgan fingerprint density at radius 2 is 1.80 bits per heavy atom. The van der Waals surface area contributed by atoms with E-state index in [1.165, 1.54) is 23.5 Å². The van der Waals surface area contributed by atoms with Gasteiger partial charge in [-0.25, -0.2) is 8.42 Å². The third kappa shape index (κ3) is 5.51. The van der Waals surface area contributed by atoms with E-state index < -0.39 is 22.0 Å². The first-order chi connectivity index (χ1) is 14.2. The third-order valence-corrected chi connectivity index (χ3v) is 7.15. The Morgan fingerprint density at radius 3 is 2.43 bits per heavy atom. The van der Waals surface area contributed by atoms with Crippen LogP contribution < -0.4 is 10.0 Å². The van der Waals surface area contributed by atoms with Gasteiger partial charge in [-0.1, -0.05) is 64.9 Å². The number of nitrogens with one attached hydrogen (secondary N) is 2. The Labute approximate surface area is 188 Å². The number of rotatable bonds is 7. The van der Waals surface area contributed by atoms with Crippen molar-refractivity contribution in [2.75, 3.05) is 5.32 Å². The van der Waals surface area contributed by atoms with Crippen LogP contribution in [0.1, 0.15) is 19.4 Å². The average molecular weight is 509 g/mol. The Morgan fingerprint density at radius 1 is 1.10 bits per heavy atom. The number of halogens is 1. The van der Waals surface area contributed by atoms with E-state index in [0.717, 1.165) is 15.6 Å². The highest BCUT2D eigenvalue weighted by Crippen LogP contribution is 2.27. The fourth-order valence-electron chi connectivity index (χ4n) is 2.69. The summed E-state index contributed by atoms with van der Waals surface area (Å²) in [4.78, 5) is 12.9. The lowest BCUT2D eigenvalue weighted by Gasteiger charge is -2.21. The van der Waals surface area contributed by atoms with Crippen molar-refractivity contribution in [3.63, 3.8) is 0 Å². The molecule has 1 atom stereocenters. The van der Waals surface area contributed by atoms with Gasteiger partial charge in [0.1, 0.15) is 11.0 Å². The number of carbonyl (C=O) groups excluding carboxylic acids is 1. The summed E-state index contributed by atoms with van der Waals surface area (Å²) in [5, 5.41) is 11.8. The van der Waals surface area contributed by atoms with E-state index >= 15 is 0 Å². The first-order valence-electron chi connectivity index (χ1n) is 9.15. The first kappa shape index (κ1) is 22.5. The Bertz CT molecular complexity index is 1140. The molecular formula is C20H21BrN4O3S2. The highest BCUT2D eigenvalue weighted by atomic mass is 79.9. The van der Waals surface area contributed by atoms with E-state index in [1.807, 2.05) is 31.2 Å². The van der Waals surface area contributed by atoms with Crippen LogP contribution in [0.15, 0.2) is 57.9 Å². The minimum atomic E-state index is -3.87. The predicted molar refractivity (Wildman–Crippen MR) is 122 cm³/mol. The lowest BCUT2D eigenvalue weighted by molar-refractivity contribution is -0.118. The molecule has 10 heteroatoms. The van der Waals surface area contributed by atoms with Gasteiger partial charge in [-0.3, -0.25) is 10.1 Å². The molecule has 0 radical (unpaired) electrons. The summed E-state index contributed by atoms with van der Waals surface area (Å²) in [5.74, 6) is -0.767. The molecule has 0 aliphatic rings. The lowest BCUT2D eigenvalue weighted by atomic mass is 10.1. The molecule has 0 aliphatic heterocycles. The number of amides is 1. The third-order valence-electron chi connectivity index (χ3n) is 4.28. The summed E-state index contributed by atoms with van der Waals surface area (Å²) >= 11 is 4.51. The standard InChI is InChI=1S/C20H21BrN4O3S2/c1-12(2)17(25-30(27,28)16-9-7-15(21)8-10-16)18(26)22-20-24-23-19(29-20)14-6-4-5-13(3)11-14/h4-12,17,25H,1-3H3,(H,22,24,26). The molecule has 1 aromatic heterocycles. The lowest BCUT2D eigenvalue weighted by Crippen LogP contribution is -2.47. The number of sulfonamides is 1. The Kier molecular flexibility index (Phi) is 7.02. The molecule has 1 unspecified atom stereocenters. The topological polar surface area (TPSA) is 101 Å². The van der Waals surface area contributed by atoms with E-state index in [4.69, 9.17) is 0 Å². The summed E-state index contributed by atoms with van der Waals surface area (Å²) in [5.41, 5.74) is 2.00. The number of nitrogens with zero attached hydrogens (tertiary/aromatic N) is 2. The number of benzene rings is 2.